The van der Waals surface area contributed by atoms with Crippen molar-refractivity contribution in [3.63, 3.8) is 0 Å². The fraction of sp³-hybridized carbons (Fsp3) is 0.435. The first-order valence-electron chi connectivity index (χ1n) is 10.1. The topological polar surface area (TPSA) is 44.4 Å². The van der Waals surface area contributed by atoms with Gasteiger partial charge in [-0.2, -0.15) is 0 Å². The summed E-state index contributed by atoms with van der Waals surface area (Å²) in [7, 11) is 0. The van der Waals surface area contributed by atoms with E-state index >= 15 is 0 Å². The summed E-state index contributed by atoms with van der Waals surface area (Å²) in [5.41, 5.74) is 5.03. The molecule has 1 fully saturated rings. The van der Waals surface area contributed by atoms with Crippen LogP contribution in [0.2, 0.25) is 0 Å². The molecule has 0 radical (unpaired) electrons. The normalized spacial score (nSPS) is 14.7. The van der Waals surface area contributed by atoms with Crippen molar-refractivity contribution in [3.8, 4) is 0 Å². The molecule has 0 saturated carbocycles. The minimum atomic E-state index is -0.110. The summed E-state index contributed by atoms with van der Waals surface area (Å²) in [6, 6.07) is 16.8. The van der Waals surface area contributed by atoms with Gasteiger partial charge < -0.3 is 10.6 Å². The summed E-state index contributed by atoms with van der Waals surface area (Å²) in [4.78, 5) is 14.5. The predicted molar refractivity (Wildman–Crippen MR) is 111 cm³/mol. The van der Waals surface area contributed by atoms with Crippen molar-refractivity contribution in [1.29, 1.82) is 0 Å². The Balaban J connectivity index is 1.36. The number of hydrogen-bond donors (Lipinski definition) is 2. The zero-order valence-corrected chi connectivity index (χ0v) is 16.3. The Labute approximate surface area is 163 Å². The molecule has 144 valence electrons. The number of nitrogens with zero attached hydrogens (tertiary/aromatic N) is 1. The largest absolute Gasteiger partial charge is 0.338 e. The molecule has 0 bridgehead atoms. The summed E-state index contributed by atoms with van der Waals surface area (Å²) in [6.45, 7) is 6.76. The predicted octanol–water partition coefficient (Wildman–Crippen LogP) is 4.02. The van der Waals surface area contributed by atoms with Crippen LogP contribution < -0.4 is 10.6 Å². The highest BCUT2D eigenvalue weighted by atomic mass is 16.2. The van der Waals surface area contributed by atoms with Crippen LogP contribution >= 0.6 is 0 Å². The van der Waals surface area contributed by atoms with Gasteiger partial charge in [-0.15, -0.1) is 0 Å². The smallest absolute Gasteiger partial charge is 0.315 e. The zero-order chi connectivity index (χ0) is 18.9. The minimum absolute atomic E-state index is 0.110. The van der Waals surface area contributed by atoms with Crippen LogP contribution in [0, 0.1) is 6.92 Å². The maximum Gasteiger partial charge on any atom is 0.315 e. The van der Waals surface area contributed by atoms with E-state index in [4.69, 9.17) is 0 Å². The third-order valence-electron chi connectivity index (χ3n) is 5.27. The number of rotatable bonds is 7. The summed E-state index contributed by atoms with van der Waals surface area (Å²) >= 11 is 0. The molecule has 4 heteroatoms. The third-order valence-corrected chi connectivity index (χ3v) is 5.27. The van der Waals surface area contributed by atoms with Crippen LogP contribution in [-0.4, -0.2) is 30.6 Å². The van der Waals surface area contributed by atoms with E-state index in [9.17, 15) is 4.79 Å². The van der Waals surface area contributed by atoms with Gasteiger partial charge in [-0.25, -0.2) is 4.79 Å². The Morgan fingerprint density at radius 1 is 0.926 bits per heavy atom. The van der Waals surface area contributed by atoms with Gasteiger partial charge in [0.25, 0.3) is 0 Å². The molecular formula is C23H31N3O. The highest BCUT2D eigenvalue weighted by Gasteiger charge is 2.10. The lowest BCUT2D eigenvalue weighted by Crippen LogP contribution is -2.36. The van der Waals surface area contributed by atoms with Gasteiger partial charge in [-0.3, -0.25) is 4.90 Å². The number of nitrogens with one attached hydrogen (secondary N) is 2. The molecule has 1 aliphatic rings. The molecule has 2 amide bonds. The highest BCUT2D eigenvalue weighted by molar-refractivity contribution is 5.73. The number of likely N-dealkylation sites (tertiary alicyclic amines) is 1. The second-order valence-electron chi connectivity index (χ2n) is 7.44. The van der Waals surface area contributed by atoms with Crippen molar-refractivity contribution in [2.45, 2.75) is 45.7 Å². The van der Waals surface area contributed by atoms with E-state index < -0.39 is 0 Å². The summed E-state index contributed by atoms with van der Waals surface area (Å²) < 4.78 is 0. The Bertz CT molecular complexity index is 721. The average Bonchev–Trinajstić information content (AvgIpc) is 2.70. The molecule has 0 spiro atoms. The van der Waals surface area contributed by atoms with E-state index in [1.165, 1.54) is 49.0 Å². The Morgan fingerprint density at radius 3 is 2.37 bits per heavy atom. The van der Waals surface area contributed by atoms with Crippen molar-refractivity contribution in [2.24, 2.45) is 0 Å². The minimum Gasteiger partial charge on any atom is -0.338 e. The number of carbonyl (C=O) groups is 1. The van der Waals surface area contributed by atoms with Crippen molar-refractivity contribution < 1.29 is 4.79 Å². The SMILES string of the molecule is Cc1ccccc1CCNC(=O)NCc1ccc(CN2CCCCC2)cc1. The maximum atomic E-state index is 12.0. The van der Waals surface area contributed by atoms with Crippen LogP contribution in [0.15, 0.2) is 48.5 Å². The quantitative estimate of drug-likeness (QED) is 0.778. The lowest BCUT2D eigenvalue weighted by molar-refractivity contribution is 0.221. The molecule has 3 rings (SSSR count). The molecule has 4 nitrogen and oxygen atoms in total. The van der Waals surface area contributed by atoms with Gasteiger partial charge in [-0.1, -0.05) is 55.0 Å². The lowest BCUT2D eigenvalue weighted by atomic mass is 10.1. The third kappa shape index (κ3) is 6.40. The van der Waals surface area contributed by atoms with E-state index in [1.807, 2.05) is 12.1 Å². The van der Waals surface area contributed by atoms with E-state index in [-0.39, 0.29) is 6.03 Å². The summed E-state index contributed by atoms with van der Waals surface area (Å²) in [5.74, 6) is 0. The van der Waals surface area contributed by atoms with Crippen LogP contribution in [0.4, 0.5) is 4.79 Å². The van der Waals surface area contributed by atoms with Crippen molar-refractivity contribution in [3.05, 3.63) is 70.8 Å². The Kier molecular flexibility index (Phi) is 7.28. The second-order valence-corrected chi connectivity index (χ2v) is 7.44. The average molecular weight is 366 g/mol. The van der Waals surface area contributed by atoms with Crippen LogP contribution in [0.5, 0.6) is 0 Å². The van der Waals surface area contributed by atoms with Gasteiger partial charge in [-0.05, 0) is 61.5 Å². The first kappa shape index (κ1) is 19.4. The number of carbonyl (C=O) groups excluding carboxylic acids is 1. The highest BCUT2D eigenvalue weighted by Crippen LogP contribution is 2.13. The molecule has 1 aliphatic heterocycles. The van der Waals surface area contributed by atoms with Gasteiger partial charge in [0.15, 0.2) is 0 Å². The maximum absolute atomic E-state index is 12.0. The van der Waals surface area contributed by atoms with Crippen LogP contribution in [0.3, 0.4) is 0 Å². The van der Waals surface area contributed by atoms with Crippen molar-refractivity contribution in [1.82, 2.24) is 15.5 Å². The van der Waals surface area contributed by atoms with E-state index in [0.29, 0.717) is 13.1 Å². The zero-order valence-electron chi connectivity index (χ0n) is 16.3. The number of urea groups is 1. The molecule has 0 aliphatic carbocycles. The van der Waals surface area contributed by atoms with Crippen LogP contribution in [0.1, 0.15) is 41.5 Å². The molecule has 2 aromatic carbocycles. The van der Waals surface area contributed by atoms with Gasteiger partial charge in [0.2, 0.25) is 0 Å². The Morgan fingerprint density at radius 2 is 1.63 bits per heavy atom. The van der Waals surface area contributed by atoms with Crippen LogP contribution in [-0.2, 0) is 19.5 Å². The first-order valence-corrected chi connectivity index (χ1v) is 10.1. The molecule has 1 saturated heterocycles. The molecule has 0 atom stereocenters. The first-order chi connectivity index (χ1) is 13.2. The van der Waals surface area contributed by atoms with Crippen molar-refractivity contribution in [2.75, 3.05) is 19.6 Å². The van der Waals surface area contributed by atoms with E-state index in [2.05, 4.69) is 58.9 Å². The standard InChI is InChI=1S/C23H31N3O/c1-19-7-3-4-8-22(19)13-14-24-23(27)25-17-20-9-11-21(12-10-20)18-26-15-5-2-6-16-26/h3-4,7-12H,2,5-6,13-18H2,1H3,(H2,24,25,27). The second kappa shape index (κ2) is 10.1. The molecule has 2 aromatic rings. The molecule has 0 aromatic heterocycles. The number of aryl methyl sites for hydroxylation is 1. The van der Waals surface area contributed by atoms with Crippen molar-refractivity contribution >= 4 is 6.03 Å². The fourth-order valence-electron chi connectivity index (χ4n) is 3.58. The van der Waals surface area contributed by atoms with Gasteiger partial charge in [0, 0.05) is 19.6 Å². The fourth-order valence-corrected chi connectivity index (χ4v) is 3.58. The summed E-state index contributed by atoms with van der Waals surface area (Å²) in [6.07, 6.45) is 4.86. The van der Waals surface area contributed by atoms with Gasteiger partial charge in [0.1, 0.15) is 0 Å². The lowest BCUT2D eigenvalue weighted by Gasteiger charge is -2.26. The van der Waals surface area contributed by atoms with E-state index in [0.717, 1.165) is 18.5 Å². The molecule has 27 heavy (non-hydrogen) atoms. The molecule has 0 unspecified atom stereocenters. The number of benzene rings is 2. The molecular weight excluding hydrogens is 334 g/mol. The van der Waals surface area contributed by atoms with Gasteiger partial charge in [0.05, 0.1) is 0 Å². The molecule has 2 N–H and O–H groups in total. The number of piperidine rings is 1. The Hall–Kier alpha value is -2.33. The van der Waals surface area contributed by atoms with E-state index in [1.54, 1.807) is 0 Å². The summed E-state index contributed by atoms with van der Waals surface area (Å²) in [5, 5.41) is 5.88. The molecule has 1 heterocycles. The van der Waals surface area contributed by atoms with Crippen LogP contribution in [0.25, 0.3) is 0 Å². The monoisotopic (exact) mass is 365 g/mol. The number of amides is 2. The number of hydrogen-bond acceptors (Lipinski definition) is 2. The van der Waals surface area contributed by atoms with Gasteiger partial charge >= 0.3 is 6.03 Å².